The number of nitrogens with zero attached hydrogens (tertiary/aromatic N) is 5. The number of likely N-dealkylation sites (N-methyl/N-ethyl adjacent to an activating group) is 2. The molecule has 0 bridgehead atoms. The maximum Gasteiger partial charge on any atom is 0.337 e. The largest absolute Gasteiger partial charge is 0.465 e. The molecule has 0 saturated carbocycles. The van der Waals surface area contributed by atoms with E-state index in [0.29, 0.717) is 34.8 Å². The van der Waals surface area contributed by atoms with Crippen molar-refractivity contribution in [1.29, 1.82) is 0 Å². The summed E-state index contributed by atoms with van der Waals surface area (Å²) in [6.07, 6.45) is 3.34. The number of hydrogen-bond acceptors (Lipinski definition) is 8. The smallest absolute Gasteiger partial charge is 0.337 e. The van der Waals surface area contributed by atoms with Crippen LogP contribution in [0.2, 0.25) is 0 Å². The third-order valence-corrected chi connectivity index (χ3v) is 6.73. The molecular weight excluding hydrogens is 508 g/mol. The first-order chi connectivity index (χ1) is 19.2. The van der Waals surface area contributed by atoms with Crippen molar-refractivity contribution in [2.75, 3.05) is 45.0 Å². The van der Waals surface area contributed by atoms with Crippen LogP contribution >= 0.6 is 0 Å². The number of amides is 2. The van der Waals surface area contributed by atoms with Crippen LogP contribution in [-0.2, 0) is 14.3 Å². The average Bonchev–Trinajstić information content (AvgIpc) is 3.29. The molecule has 1 N–H and O–H groups in total. The van der Waals surface area contributed by atoms with Crippen LogP contribution in [0.25, 0.3) is 10.8 Å². The lowest BCUT2D eigenvalue weighted by Gasteiger charge is -2.20. The molecule has 2 heterocycles. The van der Waals surface area contributed by atoms with E-state index in [1.807, 2.05) is 61.5 Å². The van der Waals surface area contributed by atoms with Crippen molar-refractivity contribution in [2.24, 2.45) is 4.99 Å². The minimum atomic E-state index is -0.724. The van der Waals surface area contributed by atoms with Gasteiger partial charge in [-0.05, 0) is 67.7 Å². The van der Waals surface area contributed by atoms with E-state index >= 15 is 0 Å². The highest BCUT2D eigenvalue weighted by Crippen LogP contribution is 2.37. The average molecular weight is 537 g/mol. The Hall–Kier alpha value is -4.96. The minimum absolute atomic E-state index is 0.0354. The van der Waals surface area contributed by atoms with Gasteiger partial charge in [0, 0.05) is 29.2 Å². The molecule has 3 aromatic carbocycles. The van der Waals surface area contributed by atoms with Gasteiger partial charge in [-0.1, -0.05) is 18.2 Å². The second-order valence-electron chi connectivity index (χ2n) is 9.75. The van der Waals surface area contributed by atoms with E-state index in [9.17, 15) is 14.4 Å². The van der Waals surface area contributed by atoms with E-state index in [1.165, 1.54) is 7.11 Å². The molecule has 10 heteroatoms. The number of anilines is 2. The van der Waals surface area contributed by atoms with E-state index in [4.69, 9.17) is 9.73 Å². The molecule has 10 nitrogen and oxygen atoms in total. The van der Waals surface area contributed by atoms with Crippen molar-refractivity contribution in [3.05, 3.63) is 89.7 Å². The summed E-state index contributed by atoms with van der Waals surface area (Å²) in [6, 6.07) is 18.0. The molecule has 4 aromatic rings. The molecule has 202 valence electrons. The van der Waals surface area contributed by atoms with Crippen molar-refractivity contribution in [2.45, 2.75) is 5.92 Å². The fourth-order valence-corrected chi connectivity index (χ4v) is 4.64. The second kappa shape index (κ2) is 11.0. The summed E-state index contributed by atoms with van der Waals surface area (Å²) in [7, 11) is 6.74. The van der Waals surface area contributed by atoms with Crippen molar-refractivity contribution >= 4 is 51.3 Å². The number of fused-ring (bicyclic) bond motifs is 2. The predicted octanol–water partition coefficient (Wildman–Crippen LogP) is 3.80. The highest BCUT2D eigenvalue weighted by Gasteiger charge is 2.36. The number of benzene rings is 3. The van der Waals surface area contributed by atoms with Crippen molar-refractivity contribution < 1.29 is 19.1 Å². The third kappa shape index (κ3) is 5.29. The fourth-order valence-electron chi connectivity index (χ4n) is 4.64. The van der Waals surface area contributed by atoms with E-state index in [2.05, 4.69) is 15.5 Å². The van der Waals surface area contributed by atoms with E-state index in [-0.39, 0.29) is 11.8 Å². The minimum Gasteiger partial charge on any atom is -0.465 e. The van der Waals surface area contributed by atoms with Crippen LogP contribution in [0.5, 0.6) is 0 Å². The summed E-state index contributed by atoms with van der Waals surface area (Å²) in [4.78, 5) is 46.3. The third-order valence-electron chi connectivity index (χ3n) is 6.73. The summed E-state index contributed by atoms with van der Waals surface area (Å²) >= 11 is 0. The zero-order valence-corrected chi connectivity index (χ0v) is 22.6. The number of rotatable bonds is 7. The van der Waals surface area contributed by atoms with Crippen LogP contribution in [0.4, 0.5) is 17.1 Å². The number of aliphatic imine (C=N–C) groups is 1. The van der Waals surface area contributed by atoms with Crippen molar-refractivity contribution in [3.8, 4) is 0 Å². The Balaban J connectivity index is 1.58. The van der Waals surface area contributed by atoms with Gasteiger partial charge in [-0.3, -0.25) is 14.6 Å². The molecule has 2 amide bonds. The summed E-state index contributed by atoms with van der Waals surface area (Å²) < 4.78 is 4.83. The Kier molecular flexibility index (Phi) is 7.35. The number of aromatic nitrogens is 2. The quantitative estimate of drug-likeness (QED) is 0.282. The Bertz CT molecular complexity index is 1650. The number of esters is 1. The van der Waals surface area contributed by atoms with E-state index in [0.717, 1.165) is 22.0 Å². The topological polar surface area (TPSA) is 117 Å². The van der Waals surface area contributed by atoms with Gasteiger partial charge in [0.05, 0.1) is 43.0 Å². The Morgan fingerprint density at radius 3 is 2.33 bits per heavy atom. The number of ether oxygens (including phenoxy) is 1. The number of hydrogen-bond donors (Lipinski definition) is 1. The van der Waals surface area contributed by atoms with Crippen molar-refractivity contribution in [1.82, 2.24) is 15.1 Å². The molecule has 0 fully saturated rings. The molecule has 1 unspecified atom stereocenters. The van der Waals surface area contributed by atoms with Crippen LogP contribution in [-0.4, -0.2) is 73.4 Å². The first-order valence-corrected chi connectivity index (χ1v) is 12.6. The molecule has 0 spiro atoms. The van der Waals surface area contributed by atoms with Gasteiger partial charge in [0.15, 0.2) is 0 Å². The summed E-state index contributed by atoms with van der Waals surface area (Å²) in [6.45, 7) is 0.292. The highest BCUT2D eigenvalue weighted by atomic mass is 16.5. The molecule has 5 rings (SSSR count). The lowest BCUT2D eigenvalue weighted by molar-refractivity contribution is -0.119. The summed E-state index contributed by atoms with van der Waals surface area (Å²) in [5, 5.41) is 12.6. The lowest BCUT2D eigenvalue weighted by Crippen LogP contribution is -2.34. The van der Waals surface area contributed by atoms with Gasteiger partial charge in [0.2, 0.25) is 11.8 Å². The standard InChI is InChI=1S/C30H28N6O4/c1-35(2)17-26(37)36(3)23-10-8-22(9-11-23)33-28(18-5-6-20-15-31-32-16-21(20)13-18)27-24-12-7-19(30(39)40-4)14-25(24)34-29(27)38/h5-16,27H,17H2,1-4H3,(H,34,38). The predicted molar refractivity (Wildman–Crippen MR) is 153 cm³/mol. The zero-order valence-electron chi connectivity index (χ0n) is 22.6. The molecule has 0 aliphatic carbocycles. The molecule has 40 heavy (non-hydrogen) atoms. The van der Waals surface area contributed by atoms with Gasteiger partial charge in [0.1, 0.15) is 5.92 Å². The first-order valence-electron chi connectivity index (χ1n) is 12.6. The SMILES string of the molecule is COC(=O)c1ccc2c(c1)NC(=O)C2C(=Nc1ccc(N(C)C(=O)CN(C)C)cc1)c1ccc2cnncc2c1. The summed E-state index contributed by atoms with van der Waals surface area (Å²) in [5.74, 6) is -1.50. The van der Waals surface area contributed by atoms with E-state index in [1.54, 1.807) is 42.5 Å². The van der Waals surface area contributed by atoms with Crippen LogP contribution in [0, 0.1) is 0 Å². The highest BCUT2D eigenvalue weighted by molar-refractivity contribution is 6.24. The Morgan fingerprint density at radius 2 is 1.62 bits per heavy atom. The van der Waals surface area contributed by atoms with Crippen LogP contribution in [0.15, 0.2) is 78.0 Å². The fraction of sp³-hybridized carbons (Fsp3) is 0.200. The number of methoxy groups -OCH3 is 1. The molecule has 1 atom stereocenters. The Labute approximate surface area is 231 Å². The second-order valence-corrected chi connectivity index (χ2v) is 9.75. The van der Waals surface area contributed by atoms with Crippen LogP contribution in [0.3, 0.4) is 0 Å². The lowest BCUT2D eigenvalue weighted by atomic mass is 9.89. The van der Waals surface area contributed by atoms with Gasteiger partial charge >= 0.3 is 5.97 Å². The van der Waals surface area contributed by atoms with Gasteiger partial charge in [-0.2, -0.15) is 10.2 Å². The molecule has 1 aliphatic rings. The number of carbonyl (C=O) groups is 3. The van der Waals surface area contributed by atoms with Crippen LogP contribution < -0.4 is 10.2 Å². The van der Waals surface area contributed by atoms with Gasteiger partial charge in [-0.15, -0.1) is 0 Å². The molecule has 1 aliphatic heterocycles. The molecular formula is C30H28N6O4. The van der Waals surface area contributed by atoms with Gasteiger partial charge in [0.25, 0.3) is 0 Å². The maximum atomic E-state index is 13.4. The zero-order chi connectivity index (χ0) is 28.4. The monoisotopic (exact) mass is 536 g/mol. The normalized spacial score (nSPS) is 14.7. The van der Waals surface area contributed by atoms with Crippen molar-refractivity contribution in [3.63, 3.8) is 0 Å². The van der Waals surface area contributed by atoms with Gasteiger partial charge < -0.3 is 19.9 Å². The number of carbonyl (C=O) groups excluding carboxylic acids is 3. The van der Waals surface area contributed by atoms with Crippen LogP contribution in [0.1, 0.15) is 27.4 Å². The first kappa shape index (κ1) is 26.6. The summed E-state index contributed by atoms with van der Waals surface area (Å²) in [5.41, 5.74) is 4.21. The van der Waals surface area contributed by atoms with E-state index < -0.39 is 11.9 Å². The number of nitrogens with one attached hydrogen (secondary N) is 1. The molecule has 0 radical (unpaired) electrons. The molecule has 0 saturated heterocycles. The molecule has 1 aromatic heterocycles. The maximum absolute atomic E-state index is 13.4. The van der Waals surface area contributed by atoms with Gasteiger partial charge in [-0.25, -0.2) is 4.79 Å². The Morgan fingerprint density at radius 1 is 0.925 bits per heavy atom.